The number of primary amides is 1. The van der Waals surface area contributed by atoms with E-state index >= 15 is 0 Å². The molecule has 1 saturated heterocycles. The first-order chi connectivity index (χ1) is 13.8. The van der Waals surface area contributed by atoms with Gasteiger partial charge in [-0.2, -0.15) is 0 Å². The predicted molar refractivity (Wildman–Crippen MR) is 108 cm³/mol. The lowest BCUT2D eigenvalue weighted by molar-refractivity contribution is -0.114. The summed E-state index contributed by atoms with van der Waals surface area (Å²) in [5.74, 6) is -2.75. The second-order valence-corrected chi connectivity index (χ2v) is 7.36. The minimum atomic E-state index is -2.38. The number of aromatic nitrogens is 2. The van der Waals surface area contributed by atoms with Gasteiger partial charge >= 0.3 is 0 Å². The Kier molecular flexibility index (Phi) is 6.22. The average molecular weight is 402 g/mol. The zero-order valence-corrected chi connectivity index (χ0v) is 16.3. The fraction of sp³-hybridized carbons (Fsp3) is 0.381. The fourth-order valence-electron chi connectivity index (χ4n) is 3.32. The van der Waals surface area contributed by atoms with Crippen molar-refractivity contribution in [3.8, 4) is 0 Å². The van der Waals surface area contributed by atoms with E-state index in [1.807, 2.05) is 34.9 Å². The number of fused-ring (bicyclic) bond motifs is 1. The number of halogens is 2. The standard InChI is InChI=1S/C15H13N3O2.C6H11F2N/c16-14(20)11-1-3-13(4-2-11)18-6-5-12-7-10(9-19)8-17-15(12)18;1-9-4-2-6(7,8)3-5-9/h1,3,5-9H,2,4H2,(H2,16,20);2-5H2,1H3. The van der Waals surface area contributed by atoms with Gasteiger partial charge in [-0.3, -0.25) is 9.59 Å². The van der Waals surface area contributed by atoms with Gasteiger partial charge in [-0.05, 0) is 38.1 Å². The van der Waals surface area contributed by atoms with Crippen LogP contribution >= 0.6 is 0 Å². The van der Waals surface area contributed by atoms with Crippen LogP contribution in [0.2, 0.25) is 0 Å². The van der Waals surface area contributed by atoms with Crippen LogP contribution in [0.4, 0.5) is 8.78 Å². The molecule has 1 aliphatic carbocycles. The number of carbonyl (C=O) groups is 2. The zero-order chi connectivity index (χ0) is 21.0. The van der Waals surface area contributed by atoms with E-state index in [4.69, 9.17) is 5.73 Å². The van der Waals surface area contributed by atoms with Crippen molar-refractivity contribution in [2.45, 2.75) is 31.6 Å². The summed E-state index contributed by atoms with van der Waals surface area (Å²) in [6.07, 6.45) is 9.33. The van der Waals surface area contributed by atoms with Gasteiger partial charge in [0.1, 0.15) is 5.65 Å². The Hall–Kier alpha value is -2.87. The third-order valence-electron chi connectivity index (χ3n) is 5.16. The van der Waals surface area contributed by atoms with E-state index < -0.39 is 5.92 Å². The molecule has 1 fully saturated rings. The van der Waals surface area contributed by atoms with Crippen LogP contribution in [0.1, 0.15) is 36.0 Å². The van der Waals surface area contributed by atoms with Crippen molar-refractivity contribution in [2.24, 2.45) is 5.73 Å². The SMILES string of the molecule is CN1CCC(F)(F)CC1.NC(=O)C1=CC=C(n2ccc3cc(C=O)cnc32)CC1. The molecule has 154 valence electrons. The minimum Gasteiger partial charge on any atom is -0.366 e. The molecule has 2 aliphatic rings. The molecule has 0 bridgehead atoms. The van der Waals surface area contributed by atoms with Crippen molar-refractivity contribution in [1.29, 1.82) is 0 Å². The topological polar surface area (TPSA) is 81.2 Å². The highest BCUT2D eigenvalue weighted by Gasteiger charge is 2.32. The molecule has 2 aromatic rings. The number of piperidine rings is 1. The Balaban J connectivity index is 0.000000224. The van der Waals surface area contributed by atoms with Crippen molar-refractivity contribution < 1.29 is 18.4 Å². The fourth-order valence-corrected chi connectivity index (χ4v) is 3.32. The van der Waals surface area contributed by atoms with Gasteiger partial charge in [-0.1, -0.05) is 6.08 Å². The number of likely N-dealkylation sites (tertiary alicyclic amines) is 1. The molecule has 8 heteroatoms. The first kappa shape index (κ1) is 20.9. The van der Waals surface area contributed by atoms with Gasteiger partial charge in [0.15, 0.2) is 6.29 Å². The lowest BCUT2D eigenvalue weighted by Crippen LogP contribution is -2.36. The molecule has 2 aromatic heterocycles. The zero-order valence-electron chi connectivity index (χ0n) is 16.3. The molecular formula is C21H24F2N4O2. The van der Waals surface area contributed by atoms with Crippen LogP contribution in [0.15, 0.2) is 42.3 Å². The lowest BCUT2D eigenvalue weighted by Gasteiger charge is -2.28. The second kappa shape index (κ2) is 8.65. The smallest absolute Gasteiger partial charge is 0.250 e. The molecule has 0 saturated carbocycles. The Morgan fingerprint density at radius 3 is 2.52 bits per heavy atom. The number of alkyl halides is 2. The molecule has 4 rings (SSSR count). The van der Waals surface area contributed by atoms with Gasteiger partial charge in [0.05, 0.1) is 0 Å². The summed E-state index contributed by atoms with van der Waals surface area (Å²) < 4.78 is 26.7. The van der Waals surface area contributed by atoms with Gasteiger partial charge in [0, 0.05) is 60.5 Å². The molecule has 3 heterocycles. The third kappa shape index (κ3) is 5.14. The maximum absolute atomic E-state index is 12.4. The Labute approximate surface area is 167 Å². The van der Waals surface area contributed by atoms with Crippen LogP contribution in [-0.2, 0) is 4.79 Å². The van der Waals surface area contributed by atoms with E-state index in [0.717, 1.165) is 29.4 Å². The van der Waals surface area contributed by atoms with Crippen molar-refractivity contribution in [1.82, 2.24) is 14.5 Å². The average Bonchev–Trinajstić information content (AvgIpc) is 3.14. The number of allylic oxidation sites excluding steroid dienone is 3. The predicted octanol–water partition coefficient (Wildman–Crippen LogP) is 3.24. The number of rotatable bonds is 3. The summed E-state index contributed by atoms with van der Waals surface area (Å²) in [6.45, 7) is 1.07. The molecule has 1 amide bonds. The lowest BCUT2D eigenvalue weighted by atomic mass is 10.0. The first-order valence-electron chi connectivity index (χ1n) is 9.47. The molecule has 0 spiro atoms. The van der Waals surface area contributed by atoms with Crippen molar-refractivity contribution in [3.05, 3.63) is 47.8 Å². The maximum Gasteiger partial charge on any atom is 0.250 e. The van der Waals surface area contributed by atoms with Crippen LogP contribution in [0.25, 0.3) is 16.7 Å². The van der Waals surface area contributed by atoms with Crippen LogP contribution in [0.5, 0.6) is 0 Å². The number of hydrogen-bond acceptors (Lipinski definition) is 4. The van der Waals surface area contributed by atoms with Gasteiger partial charge in [0.2, 0.25) is 5.91 Å². The van der Waals surface area contributed by atoms with Crippen LogP contribution < -0.4 is 5.73 Å². The summed E-state index contributed by atoms with van der Waals surface area (Å²) in [5, 5.41) is 0.917. The van der Waals surface area contributed by atoms with E-state index in [0.29, 0.717) is 30.6 Å². The summed E-state index contributed by atoms with van der Waals surface area (Å²) in [5.41, 5.74) is 8.32. The number of pyridine rings is 1. The van der Waals surface area contributed by atoms with E-state index in [2.05, 4.69) is 4.98 Å². The summed E-state index contributed by atoms with van der Waals surface area (Å²) in [7, 11) is 1.87. The highest BCUT2D eigenvalue weighted by Crippen LogP contribution is 2.27. The minimum absolute atomic E-state index is 0.0312. The summed E-state index contributed by atoms with van der Waals surface area (Å²) >= 11 is 0. The molecule has 1 aliphatic heterocycles. The number of nitrogens with two attached hydrogens (primary N) is 1. The van der Waals surface area contributed by atoms with Crippen molar-refractivity contribution in [2.75, 3.05) is 20.1 Å². The molecule has 2 N–H and O–H groups in total. The Morgan fingerprint density at radius 2 is 1.97 bits per heavy atom. The quantitative estimate of drug-likeness (QED) is 0.799. The van der Waals surface area contributed by atoms with Gasteiger partial charge in [0.25, 0.3) is 5.92 Å². The number of amides is 1. The Bertz CT molecular complexity index is 968. The van der Waals surface area contributed by atoms with E-state index in [1.165, 1.54) is 0 Å². The van der Waals surface area contributed by atoms with Crippen LogP contribution in [0.3, 0.4) is 0 Å². The number of nitrogens with zero attached hydrogens (tertiary/aromatic N) is 3. The van der Waals surface area contributed by atoms with E-state index in [-0.39, 0.29) is 18.7 Å². The first-order valence-corrected chi connectivity index (χ1v) is 9.47. The monoisotopic (exact) mass is 402 g/mol. The van der Waals surface area contributed by atoms with Crippen LogP contribution in [0, 0.1) is 0 Å². The molecule has 0 aromatic carbocycles. The molecule has 0 atom stereocenters. The van der Waals surface area contributed by atoms with Gasteiger partial charge < -0.3 is 15.2 Å². The maximum atomic E-state index is 12.4. The van der Waals surface area contributed by atoms with Crippen LogP contribution in [-0.4, -0.2) is 52.7 Å². The second-order valence-electron chi connectivity index (χ2n) is 7.36. The molecule has 0 unspecified atom stereocenters. The summed E-state index contributed by atoms with van der Waals surface area (Å²) in [6, 6.07) is 3.73. The molecule has 6 nitrogen and oxygen atoms in total. The highest BCUT2D eigenvalue weighted by atomic mass is 19.3. The number of hydrogen-bond donors (Lipinski definition) is 1. The van der Waals surface area contributed by atoms with Gasteiger partial charge in [-0.25, -0.2) is 13.8 Å². The largest absolute Gasteiger partial charge is 0.366 e. The summed E-state index contributed by atoms with van der Waals surface area (Å²) in [4.78, 5) is 28.1. The molecule has 29 heavy (non-hydrogen) atoms. The van der Waals surface area contributed by atoms with Gasteiger partial charge in [-0.15, -0.1) is 0 Å². The normalized spacial score (nSPS) is 19.0. The molecule has 0 radical (unpaired) electrons. The van der Waals surface area contributed by atoms with E-state index in [9.17, 15) is 18.4 Å². The number of carbonyl (C=O) groups excluding carboxylic acids is 2. The third-order valence-corrected chi connectivity index (χ3v) is 5.16. The number of aldehydes is 1. The Morgan fingerprint density at radius 1 is 1.24 bits per heavy atom. The van der Waals surface area contributed by atoms with Crippen molar-refractivity contribution >= 4 is 28.9 Å². The van der Waals surface area contributed by atoms with E-state index in [1.54, 1.807) is 18.3 Å². The molecular weight excluding hydrogens is 378 g/mol. The highest BCUT2D eigenvalue weighted by molar-refractivity contribution is 5.93. The van der Waals surface area contributed by atoms with Crippen molar-refractivity contribution in [3.63, 3.8) is 0 Å².